The zero-order valence-corrected chi connectivity index (χ0v) is 15.8. The van der Waals surface area contributed by atoms with Crippen molar-refractivity contribution in [1.29, 1.82) is 0 Å². The molecule has 6 nitrogen and oxygen atoms in total. The molecule has 1 fully saturated rings. The molecule has 0 saturated carbocycles. The molecule has 130 valence electrons. The van der Waals surface area contributed by atoms with E-state index in [0.29, 0.717) is 27.1 Å². The highest BCUT2D eigenvalue weighted by Gasteiger charge is 2.22. The van der Waals surface area contributed by atoms with Crippen LogP contribution in [0, 0.1) is 0 Å². The Morgan fingerprint density at radius 3 is 3.12 bits per heavy atom. The molecule has 1 aliphatic heterocycles. The van der Waals surface area contributed by atoms with Crippen LogP contribution in [0.2, 0.25) is 4.34 Å². The molecule has 4 heterocycles. The first-order valence-corrected chi connectivity index (χ1v) is 10.0. The Hall–Kier alpha value is -1.74. The number of hydrogen-bond acceptors (Lipinski definition) is 7. The zero-order chi connectivity index (χ0) is 17.4. The molecular formula is C16H16ClN5OS2. The van der Waals surface area contributed by atoms with Gasteiger partial charge in [-0.2, -0.15) is 0 Å². The number of thiophene rings is 2. The van der Waals surface area contributed by atoms with Crippen molar-refractivity contribution in [2.45, 2.75) is 13.0 Å². The number of anilines is 2. The SMILES string of the molecule is CC1CNCCN1c1cnc2scc(C(=O)Nc3ccsc3Cl)c2n1. The van der Waals surface area contributed by atoms with Gasteiger partial charge in [0.15, 0.2) is 0 Å². The first-order chi connectivity index (χ1) is 12.1. The van der Waals surface area contributed by atoms with E-state index < -0.39 is 0 Å². The Morgan fingerprint density at radius 2 is 2.36 bits per heavy atom. The third-order valence-electron chi connectivity index (χ3n) is 4.18. The number of amides is 1. The molecule has 0 aromatic carbocycles. The number of rotatable bonds is 3. The van der Waals surface area contributed by atoms with Crippen molar-refractivity contribution in [3.05, 3.63) is 32.9 Å². The lowest BCUT2D eigenvalue weighted by atomic mass is 10.2. The number of aromatic nitrogens is 2. The summed E-state index contributed by atoms with van der Waals surface area (Å²) in [7, 11) is 0. The molecule has 0 radical (unpaired) electrons. The van der Waals surface area contributed by atoms with Crippen LogP contribution >= 0.6 is 34.3 Å². The van der Waals surface area contributed by atoms with Crippen molar-refractivity contribution in [2.24, 2.45) is 0 Å². The third kappa shape index (κ3) is 3.22. The quantitative estimate of drug-likeness (QED) is 0.713. The lowest BCUT2D eigenvalue weighted by Crippen LogP contribution is -2.50. The number of piperazine rings is 1. The molecule has 4 rings (SSSR count). The number of carbonyl (C=O) groups is 1. The monoisotopic (exact) mass is 393 g/mol. The molecule has 0 bridgehead atoms. The molecule has 1 amide bonds. The Labute approximate surface area is 157 Å². The summed E-state index contributed by atoms with van der Waals surface area (Å²) in [5.41, 5.74) is 1.78. The molecular weight excluding hydrogens is 378 g/mol. The van der Waals surface area contributed by atoms with E-state index in [4.69, 9.17) is 16.6 Å². The van der Waals surface area contributed by atoms with Gasteiger partial charge in [-0.3, -0.25) is 4.79 Å². The number of nitrogens with zero attached hydrogens (tertiary/aromatic N) is 3. The molecule has 9 heteroatoms. The number of hydrogen-bond donors (Lipinski definition) is 2. The second kappa shape index (κ2) is 6.87. The van der Waals surface area contributed by atoms with Gasteiger partial charge in [0.2, 0.25) is 0 Å². The molecule has 1 saturated heterocycles. The Morgan fingerprint density at radius 1 is 1.48 bits per heavy atom. The number of fused-ring (bicyclic) bond motifs is 1. The van der Waals surface area contributed by atoms with E-state index in [1.165, 1.54) is 22.7 Å². The van der Waals surface area contributed by atoms with Crippen molar-refractivity contribution in [3.8, 4) is 0 Å². The van der Waals surface area contributed by atoms with Gasteiger partial charge < -0.3 is 15.5 Å². The predicted molar refractivity (Wildman–Crippen MR) is 104 cm³/mol. The number of carbonyl (C=O) groups excluding carboxylic acids is 1. The first-order valence-electron chi connectivity index (χ1n) is 7.89. The molecule has 3 aromatic heterocycles. The van der Waals surface area contributed by atoms with Crippen molar-refractivity contribution in [2.75, 3.05) is 29.9 Å². The first kappa shape index (κ1) is 16.7. The maximum Gasteiger partial charge on any atom is 0.258 e. The molecule has 0 spiro atoms. The predicted octanol–water partition coefficient (Wildman–Crippen LogP) is 3.46. The summed E-state index contributed by atoms with van der Waals surface area (Å²) in [6.07, 6.45) is 1.79. The van der Waals surface area contributed by atoms with Gasteiger partial charge in [-0.1, -0.05) is 11.6 Å². The van der Waals surface area contributed by atoms with Gasteiger partial charge in [0, 0.05) is 31.1 Å². The second-order valence-corrected chi connectivity index (χ2v) is 8.22. The van der Waals surface area contributed by atoms with E-state index in [9.17, 15) is 4.79 Å². The molecule has 0 aliphatic carbocycles. The normalized spacial score (nSPS) is 17.8. The molecule has 2 N–H and O–H groups in total. The van der Waals surface area contributed by atoms with Crippen LogP contribution < -0.4 is 15.5 Å². The van der Waals surface area contributed by atoms with Gasteiger partial charge in [-0.05, 0) is 18.4 Å². The third-order valence-corrected chi connectivity index (χ3v) is 6.22. The highest BCUT2D eigenvalue weighted by atomic mass is 35.5. The maximum absolute atomic E-state index is 12.6. The summed E-state index contributed by atoms with van der Waals surface area (Å²) in [6.45, 7) is 4.85. The van der Waals surface area contributed by atoms with Crippen molar-refractivity contribution in [1.82, 2.24) is 15.3 Å². The maximum atomic E-state index is 12.6. The van der Waals surface area contributed by atoms with Crippen molar-refractivity contribution in [3.63, 3.8) is 0 Å². The number of nitrogens with one attached hydrogen (secondary N) is 2. The van der Waals surface area contributed by atoms with Crippen LogP contribution in [-0.2, 0) is 0 Å². The lowest BCUT2D eigenvalue weighted by molar-refractivity contribution is 0.102. The fourth-order valence-electron chi connectivity index (χ4n) is 2.85. The van der Waals surface area contributed by atoms with E-state index >= 15 is 0 Å². The van der Waals surface area contributed by atoms with Gasteiger partial charge in [0.1, 0.15) is 20.5 Å². The fraction of sp³-hybridized carbons (Fsp3) is 0.312. The highest BCUT2D eigenvalue weighted by Crippen LogP contribution is 2.30. The number of halogens is 1. The van der Waals surface area contributed by atoms with Crippen LogP contribution in [-0.4, -0.2) is 41.6 Å². The average molecular weight is 394 g/mol. The summed E-state index contributed by atoms with van der Waals surface area (Å²) in [6, 6.07) is 2.12. The topological polar surface area (TPSA) is 70.2 Å². The van der Waals surface area contributed by atoms with E-state index in [2.05, 4.69) is 27.4 Å². The van der Waals surface area contributed by atoms with Crippen molar-refractivity contribution >= 4 is 62.0 Å². The molecule has 1 aliphatic rings. The minimum absolute atomic E-state index is 0.216. The van der Waals surface area contributed by atoms with Crippen LogP contribution in [0.15, 0.2) is 23.0 Å². The Kier molecular flexibility index (Phi) is 4.60. The van der Waals surface area contributed by atoms with Gasteiger partial charge in [0.05, 0.1) is 17.4 Å². The fourth-order valence-corrected chi connectivity index (χ4v) is 4.52. The molecule has 1 unspecified atom stereocenters. The molecule has 3 aromatic rings. The van der Waals surface area contributed by atoms with Gasteiger partial charge in [0.25, 0.3) is 5.91 Å². The highest BCUT2D eigenvalue weighted by molar-refractivity contribution is 7.17. The Balaban J connectivity index is 1.66. The average Bonchev–Trinajstić information content (AvgIpc) is 3.21. The van der Waals surface area contributed by atoms with E-state index in [0.717, 1.165) is 30.3 Å². The molecule has 1 atom stereocenters. The lowest BCUT2D eigenvalue weighted by Gasteiger charge is -2.34. The van der Waals surface area contributed by atoms with E-state index in [1.54, 1.807) is 17.6 Å². The minimum atomic E-state index is -0.216. The van der Waals surface area contributed by atoms with Crippen LogP contribution in [0.3, 0.4) is 0 Å². The van der Waals surface area contributed by atoms with Gasteiger partial charge in [-0.15, -0.1) is 22.7 Å². The molecule has 25 heavy (non-hydrogen) atoms. The van der Waals surface area contributed by atoms with Gasteiger partial charge >= 0.3 is 0 Å². The Bertz CT molecular complexity index is 924. The zero-order valence-electron chi connectivity index (χ0n) is 13.5. The standard InChI is InChI=1S/C16H16ClN5OS2/c1-9-6-18-3-4-22(9)12-7-19-16-13(21-12)10(8-25-16)15(23)20-11-2-5-24-14(11)17/h2,5,7-9,18H,3-4,6H2,1H3,(H,20,23). The van der Waals surface area contributed by atoms with E-state index in [-0.39, 0.29) is 5.91 Å². The summed E-state index contributed by atoms with van der Waals surface area (Å²) >= 11 is 8.87. The van der Waals surface area contributed by atoms with Crippen LogP contribution in [0.5, 0.6) is 0 Å². The summed E-state index contributed by atoms with van der Waals surface area (Å²) in [5.74, 6) is 0.592. The van der Waals surface area contributed by atoms with Crippen molar-refractivity contribution < 1.29 is 4.79 Å². The van der Waals surface area contributed by atoms with Crippen LogP contribution in [0.25, 0.3) is 10.3 Å². The van der Waals surface area contributed by atoms with Crippen LogP contribution in [0.4, 0.5) is 11.5 Å². The summed E-state index contributed by atoms with van der Waals surface area (Å²) < 4.78 is 0.564. The minimum Gasteiger partial charge on any atom is -0.350 e. The summed E-state index contributed by atoms with van der Waals surface area (Å²) in [4.78, 5) is 24.9. The van der Waals surface area contributed by atoms with E-state index in [1.807, 2.05) is 5.38 Å². The van der Waals surface area contributed by atoms with Crippen LogP contribution in [0.1, 0.15) is 17.3 Å². The largest absolute Gasteiger partial charge is 0.350 e. The second-order valence-electron chi connectivity index (χ2n) is 5.84. The smallest absolute Gasteiger partial charge is 0.258 e. The van der Waals surface area contributed by atoms with Gasteiger partial charge in [-0.25, -0.2) is 9.97 Å². The summed E-state index contributed by atoms with van der Waals surface area (Å²) in [5, 5.41) is 9.85.